The van der Waals surface area contributed by atoms with Crippen LogP contribution in [0.25, 0.3) is 0 Å². The fourth-order valence-electron chi connectivity index (χ4n) is 1.16. The van der Waals surface area contributed by atoms with Gasteiger partial charge in [-0.1, -0.05) is 18.2 Å². The maximum Gasteiger partial charge on any atom is 0.347 e. The number of aromatic amines is 1. The number of anilines is 1. The Morgan fingerprint density at radius 1 is 1.07 bits per heavy atom. The Labute approximate surface area is 85.0 Å². The van der Waals surface area contributed by atoms with Gasteiger partial charge in [0, 0.05) is 12.3 Å². The predicted molar refractivity (Wildman–Crippen MR) is 56.8 cm³/mol. The minimum absolute atomic E-state index is 0.411. The molecule has 5 heteroatoms. The maximum atomic E-state index is 11.3. The molecule has 2 aromatic rings. The van der Waals surface area contributed by atoms with Gasteiger partial charge in [-0.15, -0.1) is 0 Å². The standard InChI is InChI=1S/C10H9N3O2/c14-9-6-7-13(10(15)11-9)12-8-4-2-1-3-5-8/h1-7,12H,(H,11,14,15). The van der Waals surface area contributed by atoms with Gasteiger partial charge in [0.15, 0.2) is 0 Å². The largest absolute Gasteiger partial charge is 0.347 e. The summed E-state index contributed by atoms with van der Waals surface area (Å²) < 4.78 is 1.21. The molecule has 0 saturated carbocycles. The van der Waals surface area contributed by atoms with E-state index in [1.807, 2.05) is 30.3 Å². The van der Waals surface area contributed by atoms with E-state index in [-0.39, 0.29) is 0 Å². The molecule has 2 N–H and O–H groups in total. The Kier molecular flexibility index (Phi) is 2.37. The zero-order valence-corrected chi connectivity index (χ0v) is 7.81. The van der Waals surface area contributed by atoms with Crippen molar-refractivity contribution >= 4 is 5.69 Å². The fraction of sp³-hybridized carbons (Fsp3) is 0. The van der Waals surface area contributed by atoms with E-state index in [9.17, 15) is 9.59 Å². The van der Waals surface area contributed by atoms with Crippen molar-refractivity contribution in [2.75, 3.05) is 5.43 Å². The topological polar surface area (TPSA) is 66.9 Å². The molecule has 2 rings (SSSR count). The second-order valence-corrected chi connectivity index (χ2v) is 2.96. The van der Waals surface area contributed by atoms with Gasteiger partial charge in [-0.3, -0.25) is 15.2 Å². The van der Waals surface area contributed by atoms with E-state index in [1.54, 1.807) is 0 Å². The molecule has 0 amide bonds. The van der Waals surface area contributed by atoms with E-state index >= 15 is 0 Å². The lowest BCUT2D eigenvalue weighted by Gasteiger charge is -2.07. The molecule has 15 heavy (non-hydrogen) atoms. The average molecular weight is 203 g/mol. The SMILES string of the molecule is O=c1ccn(Nc2ccccc2)c(=O)[nH]1. The number of hydrogen-bond donors (Lipinski definition) is 2. The van der Waals surface area contributed by atoms with Gasteiger partial charge in [-0.2, -0.15) is 0 Å². The highest BCUT2D eigenvalue weighted by molar-refractivity contribution is 5.41. The molecule has 0 unspecified atom stereocenters. The number of H-pyrrole nitrogens is 1. The Morgan fingerprint density at radius 3 is 2.47 bits per heavy atom. The first-order chi connectivity index (χ1) is 7.25. The van der Waals surface area contributed by atoms with Crippen molar-refractivity contribution in [3.05, 3.63) is 63.4 Å². The van der Waals surface area contributed by atoms with Crippen LogP contribution in [-0.2, 0) is 0 Å². The van der Waals surface area contributed by atoms with Crippen molar-refractivity contribution < 1.29 is 0 Å². The van der Waals surface area contributed by atoms with E-state index in [4.69, 9.17) is 0 Å². The Bertz CT molecular complexity index is 557. The van der Waals surface area contributed by atoms with E-state index in [0.717, 1.165) is 5.69 Å². The molecule has 1 heterocycles. The zero-order valence-electron chi connectivity index (χ0n) is 7.81. The molecular formula is C10H9N3O2. The van der Waals surface area contributed by atoms with Gasteiger partial charge >= 0.3 is 5.69 Å². The van der Waals surface area contributed by atoms with Gasteiger partial charge in [0.25, 0.3) is 5.56 Å². The van der Waals surface area contributed by atoms with Crippen LogP contribution >= 0.6 is 0 Å². The molecule has 76 valence electrons. The fourth-order valence-corrected chi connectivity index (χ4v) is 1.16. The molecule has 0 aliphatic heterocycles. The predicted octanol–water partition coefficient (Wildman–Crippen LogP) is 0.412. The van der Waals surface area contributed by atoms with Gasteiger partial charge in [0.2, 0.25) is 0 Å². The number of rotatable bonds is 2. The average Bonchev–Trinajstić information content (AvgIpc) is 2.24. The van der Waals surface area contributed by atoms with Crippen LogP contribution in [0.5, 0.6) is 0 Å². The molecule has 0 fully saturated rings. The zero-order chi connectivity index (χ0) is 10.7. The smallest absolute Gasteiger partial charge is 0.290 e. The van der Waals surface area contributed by atoms with Crippen LogP contribution in [0.3, 0.4) is 0 Å². The maximum absolute atomic E-state index is 11.3. The first kappa shape index (κ1) is 9.26. The third-order valence-corrected chi connectivity index (χ3v) is 1.85. The third-order valence-electron chi connectivity index (χ3n) is 1.85. The minimum atomic E-state index is -0.494. The number of para-hydroxylation sites is 1. The number of aromatic nitrogens is 2. The quantitative estimate of drug-likeness (QED) is 0.743. The van der Waals surface area contributed by atoms with Crippen LogP contribution in [0.15, 0.2) is 52.2 Å². The van der Waals surface area contributed by atoms with Crippen molar-refractivity contribution in [2.24, 2.45) is 0 Å². The molecule has 1 aromatic heterocycles. The first-order valence-electron chi connectivity index (χ1n) is 4.40. The van der Waals surface area contributed by atoms with Crippen LogP contribution in [-0.4, -0.2) is 9.66 Å². The molecule has 0 spiro atoms. The molecule has 5 nitrogen and oxygen atoms in total. The lowest BCUT2D eigenvalue weighted by Crippen LogP contribution is -2.32. The third kappa shape index (κ3) is 2.14. The van der Waals surface area contributed by atoms with Gasteiger partial charge in [-0.25, -0.2) is 9.47 Å². The second-order valence-electron chi connectivity index (χ2n) is 2.96. The van der Waals surface area contributed by atoms with Crippen molar-refractivity contribution in [3.8, 4) is 0 Å². The lowest BCUT2D eigenvalue weighted by atomic mass is 10.3. The van der Waals surface area contributed by atoms with E-state index < -0.39 is 11.2 Å². The molecule has 1 aromatic carbocycles. The molecule has 0 atom stereocenters. The van der Waals surface area contributed by atoms with Gasteiger partial charge in [-0.05, 0) is 12.1 Å². The summed E-state index contributed by atoms with van der Waals surface area (Å²) in [6.45, 7) is 0. The summed E-state index contributed by atoms with van der Waals surface area (Å²) in [5.74, 6) is 0. The number of hydrogen-bond acceptors (Lipinski definition) is 3. The Hall–Kier alpha value is -2.30. The van der Waals surface area contributed by atoms with Gasteiger partial charge in [0.1, 0.15) is 0 Å². The van der Waals surface area contributed by atoms with Crippen molar-refractivity contribution in [3.63, 3.8) is 0 Å². The summed E-state index contributed by atoms with van der Waals surface area (Å²) in [6.07, 6.45) is 1.38. The van der Waals surface area contributed by atoms with Gasteiger partial charge in [0.05, 0.1) is 5.69 Å². The summed E-state index contributed by atoms with van der Waals surface area (Å²) >= 11 is 0. The van der Waals surface area contributed by atoms with Crippen LogP contribution in [0.1, 0.15) is 0 Å². The Morgan fingerprint density at radius 2 is 1.80 bits per heavy atom. The summed E-state index contributed by atoms with van der Waals surface area (Å²) in [4.78, 5) is 24.2. The monoisotopic (exact) mass is 203 g/mol. The number of nitrogens with zero attached hydrogens (tertiary/aromatic N) is 1. The second kappa shape index (κ2) is 3.83. The van der Waals surface area contributed by atoms with Crippen LogP contribution in [0.4, 0.5) is 5.69 Å². The highest BCUT2D eigenvalue weighted by Gasteiger charge is 1.95. The normalized spacial score (nSPS) is 9.87. The van der Waals surface area contributed by atoms with E-state index in [0.29, 0.717) is 0 Å². The van der Waals surface area contributed by atoms with Crippen LogP contribution in [0.2, 0.25) is 0 Å². The van der Waals surface area contributed by atoms with Crippen LogP contribution in [0, 0.1) is 0 Å². The summed E-state index contributed by atoms with van der Waals surface area (Å²) in [6, 6.07) is 10.5. The highest BCUT2D eigenvalue weighted by Crippen LogP contribution is 2.03. The summed E-state index contributed by atoms with van der Waals surface area (Å²) in [7, 11) is 0. The molecule has 0 aliphatic rings. The molecule has 0 aliphatic carbocycles. The first-order valence-corrected chi connectivity index (χ1v) is 4.40. The number of benzene rings is 1. The molecule has 0 bridgehead atoms. The molecular weight excluding hydrogens is 194 g/mol. The van der Waals surface area contributed by atoms with Crippen LogP contribution < -0.4 is 16.7 Å². The van der Waals surface area contributed by atoms with Crippen molar-refractivity contribution in [2.45, 2.75) is 0 Å². The van der Waals surface area contributed by atoms with E-state index in [2.05, 4.69) is 10.4 Å². The summed E-state index contributed by atoms with van der Waals surface area (Å²) in [5.41, 5.74) is 2.70. The van der Waals surface area contributed by atoms with Crippen molar-refractivity contribution in [1.29, 1.82) is 0 Å². The summed E-state index contributed by atoms with van der Waals surface area (Å²) in [5, 5.41) is 0. The van der Waals surface area contributed by atoms with E-state index in [1.165, 1.54) is 16.9 Å². The number of nitrogens with one attached hydrogen (secondary N) is 2. The van der Waals surface area contributed by atoms with Crippen molar-refractivity contribution in [1.82, 2.24) is 9.66 Å². The minimum Gasteiger partial charge on any atom is -0.290 e. The van der Waals surface area contributed by atoms with Gasteiger partial charge < -0.3 is 0 Å². The lowest BCUT2D eigenvalue weighted by molar-refractivity contribution is 0.831. The molecule has 0 saturated heterocycles. The molecule has 0 radical (unpaired) electrons. The Balaban J connectivity index is 2.33. The highest BCUT2D eigenvalue weighted by atomic mass is 16.2.